The Morgan fingerprint density at radius 1 is 1.12 bits per heavy atom. The van der Waals surface area contributed by atoms with Crippen LogP contribution in [-0.4, -0.2) is 37.0 Å². The number of hydrogen-bond donors (Lipinski definition) is 3. The van der Waals surface area contributed by atoms with Gasteiger partial charge >= 0.3 is 11.8 Å². The van der Waals surface area contributed by atoms with Crippen molar-refractivity contribution in [1.29, 1.82) is 0 Å². The molecule has 1 aliphatic rings. The second kappa shape index (κ2) is 9.10. The van der Waals surface area contributed by atoms with Crippen molar-refractivity contribution in [2.45, 2.75) is 26.3 Å². The van der Waals surface area contributed by atoms with E-state index in [2.05, 4.69) is 10.7 Å². The van der Waals surface area contributed by atoms with Crippen molar-refractivity contribution in [3.63, 3.8) is 0 Å². The largest absolute Gasteiger partial charge is 0.489 e. The van der Waals surface area contributed by atoms with Crippen molar-refractivity contribution >= 4 is 35.4 Å². The summed E-state index contributed by atoms with van der Waals surface area (Å²) < 4.78 is 11.1. The molecule has 1 aromatic carbocycles. The lowest BCUT2D eigenvalue weighted by Gasteiger charge is -2.10. The lowest BCUT2D eigenvalue weighted by atomic mass is 10.2. The maximum absolute atomic E-state index is 11.8. The first-order valence-corrected chi connectivity index (χ1v) is 8.42. The number of hydrogen-bond acceptors (Lipinski definition) is 5. The molecule has 1 aromatic rings. The molecule has 2 rings (SSSR count). The monoisotopic (exact) mass is 381 g/mol. The third-order valence-corrected chi connectivity index (χ3v) is 3.46. The standard InChI is InChI=1S/C17H20ClN3O5/c1-10(2)19-16(23)17(24)21-20-14(22)5-4-11-8-12(18)15-13(9-11)25-6-3-7-26-15/h4-5,8-10H,3,6-7H2,1-2H3,(H,19,23)(H,20,22)(H,21,24)/b5-4+. The predicted octanol–water partition coefficient (Wildman–Crippen LogP) is 1.19. The van der Waals surface area contributed by atoms with Gasteiger partial charge in [0.2, 0.25) is 0 Å². The summed E-state index contributed by atoms with van der Waals surface area (Å²) in [6.07, 6.45) is 3.44. The Kier molecular flexibility index (Phi) is 6.85. The number of nitrogens with one attached hydrogen (secondary N) is 3. The Balaban J connectivity index is 1.94. The lowest BCUT2D eigenvalue weighted by Crippen LogP contribution is -2.49. The molecule has 8 nitrogen and oxygen atoms in total. The minimum atomic E-state index is -0.959. The lowest BCUT2D eigenvalue weighted by molar-refractivity contribution is -0.140. The Morgan fingerprint density at radius 2 is 1.85 bits per heavy atom. The average Bonchev–Trinajstić information content (AvgIpc) is 2.83. The number of halogens is 1. The quantitative estimate of drug-likeness (QED) is 0.414. The summed E-state index contributed by atoms with van der Waals surface area (Å²) in [6.45, 7) is 4.47. The highest BCUT2D eigenvalue weighted by Gasteiger charge is 2.16. The van der Waals surface area contributed by atoms with Crippen LogP contribution < -0.4 is 25.6 Å². The van der Waals surface area contributed by atoms with Crippen LogP contribution in [-0.2, 0) is 14.4 Å². The maximum Gasteiger partial charge on any atom is 0.327 e. The van der Waals surface area contributed by atoms with Gasteiger partial charge in [0.1, 0.15) is 0 Å². The van der Waals surface area contributed by atoms with Crippen molar-refractivity contribution < 1.29 is 23.9 Å². The highest BCUT2D eigenvalue weighted by atomic mass is 35.5. The number of carbonyl (C=O) groups excluding carboxylic acids is 3. The zero-order valence-electron chi connectivity index (χ0n) is 14.4. The Labute approximate surface area is 155 Å². The van der Waals surface area contributed by atoms with E-state index >= 15 is 0 Å². The summed E-state index contributed by atoms with van der Waals surface area (Å²) in [4.78, 5) is 34.7. The summed E-state index contributed by atoms with van der Waals surface area (Å²) in [6, 6.07) is 3.14. The van der Waals surface area contributed by atoms with Gasteiger partial charge in [0, 0.05) is 18.5 Å². The van der Waals surface area contributed by atoms with Crippen LogP contribution in [0.5, 0.6) is 11.5 Å². The number of rotatable bonds is 3. The van der Waals surface area contributed by atoms with E-state index in [1.54, 1.807) is 26.0 Å². The van der Waals surface area contributed by atoms with E-state index in [0.29, 0.717) is 35.3 Å². The minimum Gasteiger partial charge on any atom is -0.489 e. The Bertz CT molecular complexity index is 733. The van der Waals surface area contributed by atoms with E-state index in [1.165, 1.54) is 12.2 Å². The van der Waals surface area contributed by atoms with E-state index in [-0.39, 0.29) is 6.04 Å². The summed E-state index contributed by atoms with van der Waals surface area (Å²) in [5, 5.41) is 2.78. The second-order valence-corrected chi connectivity index (χ2v) is 6.19. The molecule has 0 unspecified atom stereocenters. The number of benzene rings is 1. The van der Waals surface area contributed by atoms with Gasteiger partial charge in [-0.1, -0.05) is 11.6 Å². The Morgan fingerprint density at radius 3 is 2.58 bits per heavy atom. The van der Waals surface area contributed by atoms with Crippen LogP contribution in [0.1, 0.15) is 25.8 Å². The number of ether oxygens (including phenoxy) is 2. The van der Waals surface area contributed by atoms with Gasteiger partial charge in [0.25, 0.3) is 5.91 Å². The van der Waals surface area contributed by atoms with Gasteiger partial charge in [-0.05, 0) is 37.6 Å². The van der Waals surface area contributed by atoms with Crippen LogP contribution in [0, 0.1) is 0 Å². The first-order chi connectivity index (χ1) is 12.4. The molecule has 0 atom stereocenters. The number of hydrazine groups is 1. The molecule has 0 bridgehead atoms. The first kappa shape index (κ1) is 19.6. The van der Waals surface area contributed by atoms with Crippen LogP contribution in [0.15, 0.2) is 18.2 Å². The van der Waals surface area contributed by atoms with Gasteiger partial charge in [0.05, 0.1) is 18.2 Å². The molecule has 0 fully saturated rings. The minimum absolute atomic E-state index is 0.187. The zero-order chi connectivity index (χ0) is 19.1. The smallest absolute Gasteiger partial charge is 0.327 e. The van der Waals surface area contributed by atoms with E-state index in [9.17, 15) is 14.4 Å². The molecule has 0 radical (unpaired) electrons. The second-order valence-electron chi connectivity index (χ2n) is 5.79. The van der Waals surface area contributed by atoms with Gasteiger partial charge in [-0.25, -0.2) is 0 Å². The molecule has 0 aromatic heterocycles. The molecule has 0 saturated carbocycles. The molecule has 1 heterocycles. The van der Waals surface area contributed by atoms with E-state index in [4.69, 9.17) is 21.1 Å². The summed E-state index contributed by atoms with van der Waals surface area (Å²) in [5.41, 5.74) is 4.76. The van der Waals surface area contributed by atoms with Crippen LogP contribution in [0.4, 0.5) is 0 Å². The molecular weight excluding hydrogens is 362 g/mol. The highest BCUT2D eigenvalue weighted by Crippen LogP contribution is 2.38. The van der Waals surface area contributed by atoms with E-state index in [1.807, 2.05) is 5.43 Å². The van der Waals surface area contributed by atoms with Gasteiger partial charge in [-0.15, -0.1) is 0 Å². The molecular formula is C17H20ClN3O5. The van der Waals surface area contributed by atoms with E-state index < -0.39 is 17.7 Å². The summed E-state index contributed by atoms with van der Waals surface area (Å²) in [5.74, 6) is -1.42. The van der Waals surface area contributed by atoms with Crippen LogP contribution in [0.2, 0.25) is 5.02 Å². The average molecular weight is 382 g/mol. The fourth-order valence-electron chi connectivity index (χ4n) is 2.06. The third-order valence-electron chi connectivity index (χ3n) is 3.18. The van der Waals surface area contributed by atoms with Gasteiger partial charge in [-0.2, -0.15) is 0 Å². The number of fused-ring (bicyclic) bond motifs is 1. The zero-order valence-corrected chi connectivity index (χ0v) is 15.2. The van der Waals surface area contributed by atoms with Crippen molar-refractivity contribution in [1.82, 2.24) is 16.2 Å². The molecule has 3 amide bonds. The van der Waals surface area contributed by atoms with Crippen LogP contribution in [0.3, 0.4) is 0 Å². The van der Waals surface area contributed by atoms with Crippen molar-refractivity contribution in [2.75, 3.05) is 13.2 Å². The number of carbonyl (C=O) groups is 3. The molecule has 26 heavy (non-hydrogen) atoms. The first-order valence-electron chi connectivity index (χ1n) is 8.05. The summed E-state index contributed by atoms with van der Waals surface area (Å²) >= 11 is 6.17. The molecule has 0 saturated heterocycles. The van der Waals surface area contributed by atoms with Crippen molar-refractivity contribution in [3.05, 3.63) is 28.8 Å². The number of amides is 3. The molecule has 0 spiro atoms. The normalized spacial score (nSPS) is 13.2. The van der Waals surface area contributed by atoms with Crippen LogP contribution in [0.25, 0.3) is 6.08 Å². The van der Waals surface area contributed by atoms with E-state index in [0.717, 1.165) is 6.42 Å². The SMILES string of the molecule is CC(C)NC(=O)C(=O)NNC(=O)/C=C/c1cc(Cl)c2c(c1)OCCCO2. The molecule has 9 heteroatoms. The highest BCUT2D eigenvalue weighted by molar-refractivity contribution is 6.35. The topological polar surface area (TPSA) is 106 Å². The fourth-order valence-corrected chi connectivity index (χ4v) is 2.34. The Hall–Kier alpha value is -2.74. The molecule has 0 aliphatic carbocycles. The van der Waals surface area contributed by atoms with Gasteiger partial charge in [-0.3, -0.25) is 25.2 Å². The summed E-state index contributed by atoms with van der Waals surface area (Å²) in [7, 11) is 0. The van der Waals surface area contributed by atoms with Crippen molar-refractivity contribution in [3.8, 4) is 11.5 Å². The van der Waals surface area contributed by atoms with Crippen molar-refractivity contribution in [2.24, 2.45) is 0 Å². The van der Waals surface area contributed by atoms with Gasteiger partial charge in [0.15, 0.2) is 11.5 Å². The molecule has 3 N–H and O–H groups in total. The predicted molar refractivity (Wildman–Crippen MR) is 95.7 cm³/mol. The third kappa shape index (κ3) is 5.66. The van der Waals surface area contributed by atoms with Gasteiger partial charge < -0.3 is 14.8 Å². The van der Waals surface area contributed by atoms with Crippen LogP contribution >= 0.6 is 11.6 Å². The molecule has 1 aliphatic heterocycles. The molecule has 140 valence electrons. The fraction of sp³-hybridized carbons (Fsp3) is 0.353. The maximum atomic E-state index is 11.8.